The Morgan fingerprint density at radius 2 is 2.19 bits per heavy atom. The molecular weight excluding hydrogens is 206 g/mol. The summed E-state index contributed by atoms with van der Waals surface area (Å²) in [5, 5.41) is 6.97. The SMILES string of the molecule is O=c1[nH]nc(-c2ccc3ncccc3c2)o1. The molecule has 16 heavy (non-hydrogen) atoms. The number of nitrogens with zero attached hydrogens (tertiary/aromatic N) is 2. The lowest BCUT2D eigenvalue weighted by Crippen LogP contribution is -1.93. The fourth-order valence-electron chi connectivity index (χ4n) is 1.56. The van der Waals surface area contributed by atoms with Crippen LogP contribution in [-0.2, 0) is 0 Å². The molecule has 0 fully saturated rings. The van der Waals surface area contributed by atoms with Gasteiger partial charge in [0, 0.05) is 17.1 Å². The highest BCUT2D eigenvalue weighted by Crippen LogP contribution is 2.20. The zero-order valence-electron chi connectivity index (χ0n) is 8.18. The van der Waals surface area contributed by atoms with Crippen molar-refractivity contribution in [2.45, 2.75) is 0 Å². The first kappa shape index (κ1) is 8.84. The molecule has 78 valence electrons. The Hall–Kier alpha value is -2.43. The van der Waals surface area contributed by atoms with E-state index in [1.165, 1.54) is 0 Å². The second kappa shape index (κ2) is 3.30. The third kappa shape index (κ3) is 1.38. The van der Waals surface area contributed by atoms with Crippen LogP contribution >= 0.6 is 0 Å². The second-order valence-corrected chi connectivity index (χ2v) is 3.33. The number of fused-ring (bicyclic) bond motifs is 1. The predicted molar refractivity (Wildman–Crippen MR) is 57.9 cm³/mol. The van der Waals surface area contributed by atoms with Crippen LogP contribution < -0.4 is 5.76 Å². The first-order chi connectivity index (χ1) is 7.83. The quantitative estimate of drug-likeness (QED) is 0.666. The molecule has 0 bridgehead atoms. The van der Waals surface area contributed by atoms with Crippen molar-refractivity contribution in [3.63, 3.8) is 0 Å². The molecule has 0 saturated heterocycles. The van der Waals surface area contributed by atoms with Crippen molar-refractivity contribution < 1.29 is 4.42 Å². The zero-order valence-corrected chi connectivity index (χ0v) is 8.18. The molecule has 1 aromatic carbocycles. The number of aromatic amines is 1. The largest absolute Gasteiger partial charge is 0.434 e. The van der Waals surface area contributed by atoms with Gasteiger partial charge in [0.15, 0.2) is 0 Å². The van der Waals surface area contributed by atoms with E-state index in [0.717, 1.165) is 16.5 Å². The molecule has 0 aliphatic rings. The number of pyridine rings is 1. The highest BCUT2D eigenvalue weighted by atomic mass is 16.4. The molecule has 3 rings (SSSR count). The maximum Gasteiger partial charge on any atom is 0.434 e. The minimum atomic E-state index is -0.554. The molecule has 1 N–H and O–H groups in total. The number of rotatable bonds is 1. The summed E-state index contributed by atoms with van der Waals surface area (Å²) in [5.74, 6) is -0.267. The number of nitrogens with one attached hydrogen (secondary N) is 1. The summed E-state index contributed by atoms with van der Waals surface area (Å²) in [6.07, 6.45) is 1.73. The lowest BCUT2D eigenvalue weighted by Gasteiger charge is -1.98. The maximum atomic E-state index is 10.8. The Labute approximate surface area is 89.8 Å². The van der Waals surface area contributed by atoms with Crippen molar-refractivity contribution in [1.82, 2.24) is 15.2 Å². The lowest BCUT2D eigenvalue weighted by molar-refractivity contribution is 0.527. The molecule has 0 saturated carbocycles. The van der Waals surface area contributed by atoms with Crippen molar-refractivity contribution in [2.75, 3.05) is 0 Å². The molecule has 5 nitrogen and oxygen atoms in total. The minimum Gasteiger partial charge on any atom is -0.388 e. The van der Waals surface area contributed by atoms with E-state index in [1.807, 2.05) is 30.3 Å². The summed E-state index contributed by atoms with van der Waals surface area (Å²) >= 11 is 0. The molecule has 0 atom stereocenters. The predicted octanol–water partition coefficient (Wildman–Crippen LogP) is 1.58. The zero-order chi connectivity index (χ0) is 11.0. The van der Waals surface area contributed by atoms with Crippen LogP contribution in [0.2, 0.25) is 0 Å². The van der Waals surface area contributed by atoms with Crippen LogP contribution in [0.4, 0.5) is 0 Å². The van der Waals surface area contributed by atoms with E-state index >= 15 is 0 Å². The molecule has 0 spiro atoms. The average Bonchev–Trinajstić information content (AvgIpc) is 2.75. The molecule has 0 unspecified atom stereocenters. The molecule has 5 heteroatoms. The fraction of sp³-hybridized carbons (Fsp3) is 0. The number of H-pyrrole nitrogens is 1. The minimum absolute atomic E-state index is 0.288. The Bertz CT molecular complexity index is 699. The maximum absolute atomic E-state index is 10.8. The molecule has 0 aliphatic heterocycles. The Balaban J connectivity index is 2.22. The summed E-state index contributed by atoms with van der Waals surface area (Å²) in [4.78, 5) is 15.0. The van der Waals surface area contributed by atoms with E-state index in [9.17, 15) is 4.79 Å². The normalized spacial score (nSPS) is 10.8. The molecule has 0 radical (unpaired) electrons. The van der Waals surface area contributed by atoms with Gasteiger partial charge in [-0.05, 0) is 24.3 Å². The third-order valence-corrected chi connectivity index (χ3v) is 2.29. The smallest absolute Gasteiger partial charge is 0.388 e. The Morgan fingerprint density at radius 3 is 3.00 bits per heavy atom. The van der Waals surface area contributed by atoms with Crippen LogP contribution in [0.3, 0.4) is 0 Å². The van der Waals surface area contributed by atoms with E-state index in [4.69, 9.17) is 4.42 Å². The Morgan fingerprint density at radius 1 is 1.25 bits per heavy atom. The summed E-state index contributed by atoms with van der Waals surface area (Å²) in [6, 6.07) is 9.35. The van der Waals surface area contributed by atoms with Gasteiger partial charge in [-0.3, -0.25) is 4.98 Å². The van der Waals surface area contributed by atoms with Crippen molar-refractivity contribution in [1.29, 1.82) is 0 Å². The van der Waals surface area contributed by atoms with E-state index in [2.05, 4.69) is 15.2 Å². The van der Waals surface area contributed by atoms with Crippen LogP contribution in [0.1, 0.15) is 0 Å². The van der Waals surface area contributed by atoms with Crippen LogP contribution in [0.5, 0.6) is 0 Å². The summed E-state index contributed by atoms with van der Waals surface area (Å²) in [7, 11) is 0. The fourth-order valence-corrected chi connectivity index (χ4v) is 1.56. The molecular formula is C11H7N3O2. The van der Waals surface area contributed by atoms with Gasteiger partial charge < -0.3 is 4.42 Å². The van der Waals surface area contributed by atoms with Crippen molar-refractivity contribution in [3.05, 3.63) is 47.1 Å². The number of hydrogen-bond acceptors (Lipinski definition) is 4. The molecule has 2 heterocycles. The third-order valence-electron chi connectivity index (χ3n) is 2.29. The molecule has 3 aromatic rings. The van der Waals surface area contributed by atoms with Crippen molar-refractivity contribution in [3.8, 4) is 11.5 Å². The average molecular weight is 213 g/mol. The summed E-state index contributed by atoms with van der Waals surface area (Å²) < 4.78 is 4.88. The summed E-state index contributed by atoms with van der Waals surface area (Å²) in [5.41, 5.74) is 1.64. The van der Waals surface area contributed by atoms with Gasteiger partial charge in [0.1, 0.15) is 0 Å². The van der Waals surface area contributed by atoms with Gasteiger partial charge in [-0.15, -0.1) is 5.10 Å². The highest BCUT2D eigenvalue weighted by Gasteiger charge is 2.05. The van der Waals surface area contributed by atoms with Crippen LogP contribution in [0, 0.1) is 0 Å². The highest BCUT2D eigenvalue weighted by molar-refractivity contribution is 5.82. The molecule has 0 aliphatic carbocycles. The van der Waals surface area contributed by atoms with E-state index in [0.29, 0.717) is 0 Å². The second-order valence-electron chi connectivity index (χ2n) is 3.33. The first-order valence-electron chi connectivity index (χ1n) is 4.73. The van der Waals surface area contributed by atoms with E-state index in [-0.39, 0.29) is 5.89 Å². The van der Waals surface area contributed by atoms with Crippen LogP contribution in [0.25, 0.3) is 22.4 Å². The van der Waals surface area contributed by atoms with Crippen molar-refractivity contribution >= 4 is 10.9 Å². The molecule has 0 amide bonds. The lowest BCUT2D eigenvalue weighted by atomic mass is 10.1. The Kier molecular flexibility index (Phi) is 1.83. The number of aromatic nitrogens is 3. The van der Waals surface area contributed by atoms with Gasteiger partial charge in [0.2, 0.25) is 5.89 Å². The van der Waals surface area contributed by atoms with Gasteiger partial charge >= 0.3 is 5.76 Å². The van der Waals surface area contributed by atoms with Gasteiger partial charge in [-0.1, -0.05) is 6.07 Å². The van der Waals surface area contributed by atoms with Gasteiger partial charge in [0.05, 0.1) is 5.52 Å². The van der Waals surface area contributed by atoms with Crippen LogP contribution in [0.15, 0.2) is 45.7 Å². The number of benzene rings is 1. The molecule has 2 aromatic heterocycles. The first-order valence-corrected chi connectivity index (χ1v) is 4.73. The number of hydrogen-bond donors (Lipinski definition) is 1. The van der Waals surface area contributed by atoms with E-state index in [1.54, 1.807) is 6.20 Å². The van der Waals surface area contributed by atoms with Gasteiger partial charge in [0.25, 0.3) is 0 Å². The van der Waals surface area contributed by atoms with Crippen LogP contribution in [-0.4, -0.2) is 15.2 Å². The van der Waals surface area contributed by atoms with Crippen molar-refractivity contribution in [2.24, 2.45) is 0 Å². The van der Waals surface area contributed by atoms with E-state index < -0.39 is 5.76 Å². The standard InChI is InChI=1S/C11H7N3O2/c15-11-14-13-10(16-11)8-3-4-9-7(6-8)2-1-5-12-9/h1-6H,(H,14,15). The monoisotopic (exact) mass is 213 g/mol. The van der Waals surface area contributed by atoms with Gasteiger partial charge in [-0.25, -0.2) is 9.89 Å². The van der Waals surface area contributed by atoms with Gasteiger partial charge in [-0.2, -0.15) is 0 Å². The summed E-state index contributed by atoms with van der Waals surface area (Å²) in [6.45, 7) is 0. The topological polar surface area (TPSA) is 71.8 Å².